The fraction of sp³-hybridized carbons (Fsp3) is 0.435. The number of nitrogens with zero attached hydrogens (tertiary/aromatic N) is 4. The van der Waals surface area contributed by atoms with Gasteiger partial charge in [0.05, 0.1) is 5.69 Å². The van der Waals surface area contributed by atoms with Gasteiger partial charge in [0, 0.05) is 43.0 Å². The van der Waals surface area contributed by atoms with Crippen LogP contribution >= 0.6 is 0 Å². The van der Waals surface area contributed by atoms with E-state index >= 15 is 0 Å². The first-order valence-electron chi connectivity index (χ1n) is 10.2. The lowest BCUT2D eigenvalue weighted by molar-refractivity contribution is 0.0769. The van der Waals surface area contributed by atoms with Crippen molar-refractivity contribution in [2.75, 3.05) is 31.1 Å². The van der Waals surface area contributed by atoms with Gasteiger partial charge in [-0.15, -0.1) is 0 Å². The Bertz CT molecular complexity index is 911. The van der Waals surface area contributed by atoms with E-state index in [1.165, 1.54) is 18.4 Å². The van der Waals surface area contributed by atoms with Crippen molar-refractivity contribution in [3.05, 3.63) is 52.7 Å². The Morgan fingerprint density at radius 2 is 1.68 bits per heavy atom. The predicted molar refractivity (Wildman–Crippen MR) is 113 cm³/mol. The van der Waals surface area contributed by atoms with Crippen LogP contribution in [0.25, 0.3) is 11.3 Å². The van der Waals surface area contributed by atoms with Gasteiger partial charge < -0.3 is 9.80 Å². The van der Waals surface area contributed by atoms with Crippen LogP contribution in [-0.4, -0.2) is 47.0 Å². The van der Waals surface area contributed by atoms with Crippen LogP contribution in [0.1, 0.15) is 47.8 Å². The van der Waals surface area contributed by atoms with E-state index in [4.69, 9.17) is 9.97 Å². The average molecular weight is 377 g/mol. The maximum atomic E-state index is 12.8. The number of rotatable bonds is 3. The van der Waals surface area contributed by atoms with Crippen LogP contribution in [0.3, 0.4) is 0 Å². The largest absolute Gasteiger partial charge is 0.341 e. The van der Waals surface area contributed by atoms with Crippen molar-refractivity contribution in [2.45, 2.75) is 40.0 Å². The molecule has 0 atom stereocenters. The lowest BCUT2D eigenvalue weighted by atomic mass is 10.0. The minimum absolute atomic E-state index is 0.101. The lowest BCUT2D eigenvalue weighted by Crippen LogP contribution is -2.34. The third kappa shape index (κ3) is 3.66. The van der Waals surface area contributed by atoms with Gasteiger partial charge in [0.25, 0.3) is 5.91 Å². The van der Waals surface area contributed by atoms with Crippen molar-refractivity contribution >= 4 is 11.9 Å². The van der Waals surface area contributed by atoms with Crippen LogP contribution in [0, 0.1) is 13.8 Å². The highest BCUT2D eigenvalue weighted by atomic mass is 16.2. The molecule has 146 valence electrons. The molecule has 2 aliphatic rings. The van der Waals surface area contributed by atoms with Crippen LogP contribution < -0.4 is 4.90 Å². The normalized spacial score (nSPS) is 17.0. The molecule has 0 unspecified atom stereocenters. The zero-order chi connectivity index (χ0) is 19.7. The van der Waals surface area contributed by atoms with Gasteiger partial charge in [0.2, 0.25) is 5.95 Å². The van der Waals surface area contributed by atoms with Crippen molar-refractivity contribution < 1.29 is 4.79 Å². The number of aryl methyl sites for hydroxylation is 1. The molecule has 28 heavy (non-hydrogen) atoms. The summed E-state index contributed by atoms with van der Waals surface area (Å²) in [5.74, 6) is 0.926. The fourth-order valence-electron chi connectivity index (χ4n) is 3.86. The molecule has 0 spiro atoms. The molecule has 3 heterocycles. The lowest BCUT2D eigenvalue weighted by Gasteiger charge is -2.25. The molecule has 0 radical (unpaired) electrons. The van der Waals surface area contributed by atoms with E-state index in [2.05, 4.69) is 24.8 Å². The second kappa shape index (κ2) is 7.74. The Morgan fingerprint density at radius 3 is 2.32 bits per heavy atom. The van der Waals surface area contributed by atoms with Gasteiger partial charge in [-0.1, -0.05) is 23.8 Å². The van der Waals surface area contributed by atoms with Gasteiger partial charge in [0.15, 0.2) is 0 Å². The Kier molecular flexibility index (Phi) is 5.16. The quantitative estimate of drug-likeness (QED) is 0.755. The topological polar surface area (TPSA) is 49.3 Å². The molecule has 5 nitrogen and oxygen atoms in total. The van der Waals surface area contributed by atoms with E-state index in [-0.39, 0.29) is 5.91 Å². The minimum Gasteiger partial charge on any atom is -0.341 e. The van der Waals surface area contributed by atoms with Crippen LogP contribution in [0.5, 0.6) is 0 Å². The highest BCUT2D eigenvalue weighted by molar-refractivity contribution is 5.95. The van der Waals surface area contributed by atoms with Crippen LogP contribution in [0.15, 0.2) is 35.9 Å². The van der Waals surface area contributed by atoms with E-state index < -0.39 is 0 Å². The first kappa shape index (κ1) is 18.7. The number of aromatic nitrogens is 2. The first-order valence-corrected chi connectivity index (χ1v) is 10.2. The summed E-state index contributed by atoms with van der Waals surface area (Å²) in [6, 6.07) is 7.88. The molecule has 0 aliphatic carbocycles. The van der Waals surface area contributed by atoms with E-state index in [9.17, 15) is 4.79 Å². The second-order valence-corrected chi connectivity index (χ2v) is 7.91. The highest BCUT2D eigenvalue weighted by Crippen LogP contribution is 2.27. The Labute approximate surface area is 167 Å². The molecule has 1 amide bonds. The molecular formula is C23H28N4O. The number of anilines is 1. The van der Waals surface area contributed by atoms with Crippen molar-refractivity contribution in [3.63, 3.8) is 0 Å². The molecule has 2 aromatic rings. The van der Waals surface area contributed by atoms with E-state index in [0.29, 0.717) is 6.54 Å². The van der Waals surface area contributed by atoms with E-state index in [0.717, 1.165) is 60.1 Å². The highest BCUT2D eigenvalue weighted by Gasteiger charge is 2.20. The van der Waals surface area contributed by atoms with E-state index in [1.807, 2.05) is 36.1 Å². The van der Waals surface area contributed by atoms with Crippen molar-refractivity contribution in [1.82, 2.24) is 14.9 Å². The summed E-state index contributed by atoms with van der Waals surface area (Å²) < 4.78 is 0. The number of amides is 1. The molecule has 2 aliphatic heterocycles. The zero-order valence-electron chi connectivity index (χ0n) is 17.0. The summed E-state index contributed by atoms with van der Waals surface area (Å²) in [6.07, 6.45) is 5.51. The number of carbonyl (C=O) groups excluding carboxylic acids is 1. The van der Waals surface area contributed by atoms with Crippen molar-refractivity contribution in [1.29, 1.82) is 0 Å². The van der Waals surface area contributed by atoms with Crippen LogP contribution in [-0.2, 0) is 0 Å². The van der Waals surface area contributed by atoms with Gasteiger partial charge in [-0.05, 0) is 57.7 Å². The standard InChI is InChI=1S/C23H28N4O/c1-16-10-14-26(15-11-16)22(28)20-8-6-19(7-9-20)21-17(2)18(3)24-23(25-21)27-12-4-5-13-27/h6-10H,4-5,11-15H2,1-3H3. The molecular weight excluding hydrogens is 348 g/mol. The SMILES string of the molecule is CC1=CCN(C(=O)c2ccc(-c3nc(N4CCCC4)nc(C)c3C)cc2)CC1. The minimum atomic E-state index is 0.101. The number of carbonyl (C=O) groups is 1. The van der Waals surface area contributed by atoms with E-state index in [1.54, 1.807) is 0 Å². The smallest absolute Gasteiger partial charge is 0.254 e. The number of benzene rings is 1. The fourth-order valence-corrected chi connectivity index (χ4v) is 3.86. The number of hydrogen-bond acceptors (Lipinski definition) is 4. The van der Waals surface area contributed by atoms with Gasteiger partial charge in [0.1, 0.15) is 0 Å². The third-order valence-electron chi connectivity index (χ3n) is 5.90. The molecule has 1 aromatic heterocycles. The molecule has 1 saturated heterocycles. The van der Waals surface area contributed by atoms with Crippen LogP contribution in [0.4, 0.5) is 5.95 Å². The summed E-state index contributed by atoms with van der Waals surface area (Å²) >= 11 is 0. The van der Waals surface area contributed by atoms with Gasteiger partial charge in [-0.3, -0.25) is 4.79 Å². The summed E-state index contributed by atoms with van der Waals surface area (Å²) in [4.78, 5) is 26.5. The van der Waals surface area contributed by atoms with Gasteiger partial charge in [-0.2, -0.15) is 0 Å². The monoisotopic (exact) mass is 376 g/mol. The summed E-state index contributed by atoms with van der Waals surface area (Å²) in [5.41, 5.74) is 6.21. The summed E-state index contributed by atoms with van der Waals surface area (Å²) in [6.45, 7) is 9.79. The Morgan fingerprint density at radius 1 is 0.964 bits per heavy atom. The summed E-state index contributed by atoms with van der Waals surface area (Å²) in [5, 5.41) is 0. The molecule has 0 bridgehead atoms. The van der Waals surface area contributed by atoms with Gasteiger partial charge in [-0.25, -0.2) is 9.97 Å². The Hall–Kier alpha value is -2.69. The molecule has 1 fully saturated rings. The van der Waals surface area contributed by atoms with Crippen molar-refractivity contribution in [3.8, 4) is 11.3 Å². The van der Waals surface area contributed by atoms with Gasteiger partial charge >= 0.3 is 0 Å². The third-order valence-corrected chi connectivity index (χ3v) is 5.90. The molecule has 0 N–H and O–H groups in total. The first-order chi connectivity index (χ1) is 13.5. The zero-order valence-corrected chi connectivity index (χ0v) is 17.0. The predicted octanol–water partition coefficient (Wildman–Crippen LogP) is 4.15. The van der Waals surface area contributed by atoms with Crippen LogP contribution in [0.2, 0.25) is 0 Å². The summed E-state index contributed by atoms with van der Waals surface area (Å²) in [7, 11) is 0. The molecule has 0 saturated carbocycles. The average Bonchev–Trinajstić information content (AvgIpc) is 3.25. The molecule has 1 aromatic carbocycles. The molecule has 5 heteroatoms. The maximum absolute atomic E-state index is 12.8. The maximum Gasteiger partial charge on any atom is 0.254 e. The Balaban J connectivity index is 1.59. The number of hydrogen-bond donors (Lipinski definition) is 0. The molecule has 4 rings (SSSR count). The second-order valence-electron chi connectivity index (χ2n) is 7.91. The van der Waals surface area contributed by atoms with Crippen molar-refractivity contribution in [2.24, 2.45) is 0 Å².